The van der Waals surface area contributed by atoms with Crippen molar-refractivity contribution < 1.29 is 4.79 Å². The normalized spacial score (nSPS) is 27.4. The van der Waals surface area contributed by atoms with E-state index in [4.69, 9.17) is 0 Å². The van der Waals surface area contributed by atoms with E-state index in [0.29, 0.717) is 17.0 Å². The second-order valence-electron chi connectivity index (χ2n) is 4.35. The molecule has 4 nitrogen and oxygen atoms in total. The summed E-state index contributed by atoms with van der Waals surface area (Å²) in [6, 6.07) is 0.422. The molecule has 3 rings (SSSR count). The van der Waals surface area contributed by atoms with Crippen molar-refractivity contribution in [3.05, 3.63) is 23.8 Å². The third-order valence-electron chi connectivity index (χ3n) is 3.16. The van der Waals surface area contributed by atoms with Crippen LogP contribution >= 0.6 is 11.8 Å². The predicted molar refractivity (Wildman–Crippen MR) is 62.5 cm³/mol. The van der Waals surface area contributed by atoms with Crippen molar-refractivity contribution in [2.45, 2.75) is 24.6 Å². The van der Waals surface area contributed by atoms with Gasteiger partial charge in [-0.15, -0.1) is 0 Å². The molecule has 1 amide bonds. The van der Waals surface area contributed by atoms with Crippen LogP contribution in [0.2, 0.25) is 0 Å². The Morgan fingerprint density at radius 2 is 2.38 bits per heavy atom. The molecule has 0 N–H and O–H groups in total. The first-order chi connectivity index (χ1) is 7.74. The Labute approximate surface area is 98.5 Å². The molecule has 0 radical (unpaired) electrons. The van der Waals surface area contributed by atoms with Crippen LogP contribution < -0.4 is 0 Å². The first-order valence-electron chi connectivity index (χ1n) is 5.45. The van der Waals surface area contributed by atoms with Crippen LogP contribution in [0.1, 0.15) is 22.6 Å². The highest BCUT2D eigenvalue weighted by Crippen LogP contribution is 2.37. The van der Waals surface area contributed by atoms with E-state index in [0.717, 1.165) is 24.4 Å². The third-order valence-corrected chi connectivity index (χ3v) is 4.55. The highest BCUT2D eigenvalue weighted by atomic mass is 32.2. The molecular weight excluding hydrogens is 222 g/mol. The van der Waals surface area contributed by atoms with Crippen LogP contribution in [0.5, 0.6) is 0 Å². The molecule has 2 bridgehead atoms. The zero-order chi connectivity index (χ0) is 11.1. The van der Waals surface area contributed by atoms with Gasteiger partial charge in [0.1, 0.15) is 5.69 Å². The maximum absolute atomic E-state index is 12.2. The lowest BCUT2D eigenvalue weighted by atomic mass is 10.2. The fourth-order valence-electron chi connectivity index (χ4n) is 2.30. The van der Waals surface area contributed by atoms with E-state index in [1.54, 1.807) is 12.4 Å². The largest absolute Gasteiger partial charge is 0.332 e. The first-order valence-corrected chi connectivity index (χ1v) is 6.50. The second-order valence-corrected chi connectivity index (χ2v) is 5.68. The Balaban J connectivity index is 1.80. The van der Waals surface area contributed by atoms with Crippen LogP contribution in [0.3, 0.4) is 0 Å². The number of fused-ring (bicyclic) bond motifs is 2. The summed E-state index contributed by atoms with van der Waals surface area (Å²) < 4.78 is 0. The summed E-state index contributed by atoms with van der Waals surface area (Å²) in [6.07, 6.45) is 4.38. The van der Waals surface area contributed by atoms with Crippen molar-refractivity contribution in [1.82, 2.24) is 14.9 Å². The summed E-state index contributed by atoms with van der Waals surface area (Å²) in [5.41, 5.74) is 1.32. The van der Waals surface area contributed by atoms with Crippen LogP contribution in [0.4, 0.5) is 0 Å². The fraction of sp³-hybridized carbons (Fsp3) is 0.545. The van der Waals surface area contributed by atoms with Gasteiger partial charge in [0.25, 0.3) is 5.91 Å². The van der Waals surface area contributed by atoms with Gasteiger partial charge in [-0.1, -0.05) is 0 Å². The van der Waals surface area contributed by atoms with E-state index in [1.807, 2.05) is 23.6 Å². The second kappa shape index (κ2) is 3.73. The number of carbonyl (C=O) groups is 1. The third kappa shape index (κ3) is 1.59. The number of hydrogen-bond acceptors (Lipinski definition) is 4. The number of aromatic nitrogens is 2. The minimum absolute atomic E-state index is 0.0419. The highest BCUT2D eigenvalue weighted by molar-refractivity contribution is 8.00. The van der Waals surface area contributed by atoms with Gasteiger partial charge in [0.2, 0.25) is 0 Å². The van der Waals surface area contributed by atoms with Crippen molar-refractivity contribution >= 4 is 17.7 Å². The van der Waals surface area contributed by atoms with Gasteiger partial charge in [0.15, 0.2) is 0 Å². The number of rotatable bonds is 1. The van der Waals surface area contributed by atoms with Crippen LogP contribution in [0.15, 0.2) is 12.4 Å². The van der Waals surface area contributed by atoms with Crippen molar-refractivity contribution in [2.75, 3.05) is 12.3 Å². The van der Waals surface area contributed by atoms with E-state index in [9.17, 15) is 4.79 Å². The maximum Gasteiger partial charge on any atom is 0.274 e. The smallest absolute Gasteiger partial charge is 0.274 e. The Hall–Kier alpha value is -1.10. The topological polar surface area (TPSA) is 46.1 Å². The van der Waals surface area contributed by atoms with E-state index in [2.05, 4.69) is 9.97 Å². The van der Waals surface area contributed by atoms with Crippen LogP contribution in [0.25, 0.3) is 0 Å². The molecule has 2 saturated heterocycles. The van der Waals surface area contributed by atoms with Crippen LogP contribution in [-0.4, -0.2) is 44.4 Å². The lowest BCUT2D eigenvalue weighted by Gasteiger charge is -2.26. The van der Waals surface area contributed by atoms with Gasteiger partial charge in [0.05, 0.1) is 11.9 Å². The SMILES string of the molecule is Cc1cnc(C(=O)N2C[C@H]3C[C@H]2CS3)cn1. The van der Waals surface area contributed by atoms with Gasteiger partial charge in [-0.2, -0.15) is 11.8 Å². The number of amides is 1. The summed E-state index contributed by atoms with van der Waals surface area (Å²) in [5.74, 6) is 1.12. The highest BCUT2D eigenvalue weighted by Gasteiger charge is 2.41. The summed E-state index contributed by atoms with van der Waals surface area (Å²) in [4.78, 5) is 22.4. The summed E-state index contributed by atoms with van der Waals surface area (Å²) >= 11 is 1.98. The van der Waals surface area contributed by atoms with Crippen molar-refractivity contribution in [2.24, 2.45) is 0 Å². The predicted octanol–water partition coefficient (Wildman–Crippen LogP) is 1.11. The zero-order valence-electron chi connectivity index (χ0n) is 9.09. The Morgan fingerprint density at radius 3 is 2.94 bits per heavy atom. The fourth-order valence-corrected chi connectivity index (χ4v) is 3.73. The van der Waals surface area contributed by atoms with Crippen LogP contribution in [-0.2, 0) is 0 Å². The Kier molecular flexibility index (Phi) is 2.35. The molecule has 2 aliphatic rings. The average molecular weight is 235 g/mol. The molecular formula is C11H13N3OS. The lowest BCUT2D eigenvalue weighted by Crippen LogP contribution is -2.39. The molecule has 3 heterocycles. The van der Waals surface area contributed by atoms with Gasteiger partial charge in [-0.3, -0.25) is 9.78 Å². The average Bonchev–Trinajstić information content (AvgIpc) is 2.91. The minimum Gasteiger partial charge on any atom is -0.332 e. The molecule has 84 valence electrons. The number of thioether (sulfide) groups is 1. The number of aryl methyl sites for hydroxylation is 1. The van der Waals surface area contributed by atoms with E-state index >= 15 is 0 Å². The van der Waals surface area contributed by atoms with Crippen molar-refractivity contribution in [3.8, 4) is 0 Å². The van der Waals surface area contributed by atoms with E-state index in [1.165, 1.54) is 0 Å². The molecule has 16 heavy (non-hydrogen) atoms. The number of carbonyl (C=O) groups excluding carboxylic acids is 1. The molecule has 0 aromatic carbocycles. The summed E-state index contributed by atoms with van der Waals surface area (Å²) in [5, 5.41) is 0.646. The molecule has 1 aromatic heterocycles. The summed E-state index contributed by atoms with van der Waals surface area (Å²) in [7, 11) is 0. The maximum atomic E-state index is 12.2. The molecule has 0 saturated carbocycles. The molecule has 1 aromatic rings. The number of likely N-dealkylation sites (tertiary alicyclic amines) is 1. The standard InChI is InChI=1S/C11H13N3OS/c1-7-3-13-10(4-12-7)11(15)14-5-9-2-8(14)6-16-9/h3-4,8-9H,2,5-6H2,1H3/t8-,9+/m0/s1. The quantitative estimate of drug-likeness (QED) is 0.731. The molecule has 0 aliphatic carbocycles. The minimum atomic E-state index is 0.0419. The molecule has 0 unspecified atom stereocenters. The number of nitrogens with zero attached hydrogens (tertiary/aromatic N) is 3. The molecule has 0 spiro atoms. The molecule has 2 aliphatic heterocycles. The van der Waals surface area contributed by atoms with Gasteiger partial charge in [-0.05, 0) is 13.3 Å². The van der Waals surface area contributed by atoms with Gasteiger partial charge >= 0.3 is 0 Å². The van der Waals surface area contributed by atoms with Gasteiger partial charge < -0.3 is 4.90 Å². The molecule has 5 heteroatoms. The van der Waals surface area contributed by atoms with Crippen LogP contribution in [0, 0.1) is 6.92 Å². The van der Waals surface area contributed by atoms with E-state index in [-0.39, 0.29) is 5.91 Å². The van der Waals surface area contributed by atoms with Crippen molar-refractivity contribution in [1.29, 1.82) is 0 Å². The first kappa shape index (κ1) is 10.1. The van der Waals surface area contributed by atoms with Gasteiger partial charge in [0, 0.05) is 29.8 Å². The number of hydrogen-bond donors (Lipinski definition) is 0. The lowest BCUT2D eigenvalue weighted by molar-refractivity contribution is 0.0741. The molecule has 2 fully saturated rings. The Bertz CT molecular complexity index is 420. The van der Waals surface area contributed by atoms with E-state index < -0.39 is 0 Å². The Morgan fingerprint density at radius 1 is 1.50 bits per heavy atom. The molecule has 2 atom stereocenters. The summed E-state index contributed by atoms with van der Waals surface area (Å²) in [6.45, 7) is 2.75. The van der Waals surface area contributed by atoms with Crippen molar-refractivity contribution in [3.63, 3.8) is 0 Å². The monoisotopic (exact) mass is 235 g/mol. The zero-order valence-corrected chi connectivity index (χ0v) is 9.91. The van der Waals surface area contributed by atoms with Gasteiger partial charge in [-0.25, -0.2) is 4.98 Å².